The van der Waals surface area contributed by atoms with Gasteiger partial charge in [0.25, 0.3) is 0 Å². The van der Waals surface area contributed by atoms with Gasteiger partial charge in [0.05, 0.1) is 42.4 Å². The van der Waals surface area contributed by atoms with E-state index in [1.54, 1.807) is 4.90 Å². The van der Waals surface area contributed by atoms with E-state index < -0.39 is 0 Å². The Hall–Kier alpha value is -3.87. The fraction of sp³-hybridized carbons (Fsp3) is 0.438. The van der Waals surface area contributed by atoms with Gasteiger partial charge in [-0.15, -0.1) is 0 Å². The van der Waals surface area contributed by atoms with E-state index in [0.717, 1.165) is 71.0 Å². The largest absolute Gasteiger partial charge is 0.463 e. The molecule has 218 valence electrons. The number of ether oxygens (including phenoxy) is 1. The van der Waals surface area contributed by atoms with Crippen LogP contribution in [0.4, 0.5) is 11.5 Å². The molecule has 3 aliphatic rings. The average molecular weight is 586 g/mol. The highest BCUT2D eigenvalue weighted by Gasteiger charge is 2.33. The first-order valence-electron chi connectivity index (χ1n) is 14.6. The highest BCUT2D eigenvalue weighted by Crippen LogP contribution is 2.37. The fourth-order valence-corrected chi connectivity index (χ4v) is 6.83. The summed E-state index contributed by atoms with van der Waals surface area (Å²) in [4.78, 5) is 31.1. The van der Waals surface area contributed by atoms with Crippen molar-refractivity contribution in [1.29, 1.82) is 5.26 Å². The number of halogens is 1. The third-order valence-corrected chi connectivity index (χ3v) is 9.01. The minimum atomic E-state index is -0.240. The maximum absolute atomic E-state index is 12.5. The number of amides is 1. The molecule has 0 spiro atoms. The summed E-state index contributed by atoms with van der Waals surface area (Å²) in [6, 6.07) is 14.7. The number of rotatable bonds is 7. The molecule has 2 fully saturated rings. The van der Waals surface area contributed by atoms with Gasteiger partial charge in [-0.2, -0.15) is 15.2 Å². The van der Waals surface area contributed by atoms with Crippen LogP contribution in [0.15, 0.2) is 49.1 Å². The second-order valence-electron chi connectivity index (χ2n) is 11.5. The van der Waals surface area contributed by atoms with E-state index in [0.29, 0.717) is 44.7 Å². The molecule has 0 saturated carbocycles. The number of aromatic nitrogens is 2. The Balaban J connectivity index is 1.33. The van der Waals surface area contributed by atoms with E-state index >= 15 is 0 Å². The molecule has 9 nitrogen and oxygen atoms in total. The number of nitriles is 1. The van der Waals surface area contributed by atoms with Crippen LogP contribution >= 0.6 is 11.6 Å². The zero-order chi connectivity index (χ0) is 29.2. The highest BCUT2D eigenvalue weighted by molar-refractivity contribution is 6.36. The average Bonchev–Trinajstić information content (AvgIpc) is 3.43. The lowest BCUT2D eigenvalue weighted by molar-refractivity contribution is -0.128. The Labute approximate surface area is 251 Å². The van der Waals surface area contributed by atoms with E-state index in [1.165, 1.54) is 6.08 Å². The van der Waals surface area contributed by atoms with Gasteiger partial charge < -0.3 is 24.3 Å². The molecule has 3 aromatic rings. The molecular formula is C32H36ClN7O2. The van der Waals surface area contributed by atoms with Gasteiger partial charge >= 0.3 is 6.01 Å². The number of carbonyl (C=O) groups is 1. The van der Waals surface area contributed by atoms with Gasteiger partial charge in [-0.25, -0.2) is 0 Å². The first-order chi connectivity index (χ1) is 20.4. The topological polar surface area (TPSA) is 88.8 Å². The first-order valence-corrected chi connectivity index (χ1v) is 15.0. The smallest absolute Gasteiger partial charge is 0.318 e. The lowest BCUT2D eigenvalue weighted by Crippen LogP contribution is -2.55. The molecule has 2 aromatic carbocycles. The Bertz CT molecular complexity index is 1530. The summed E-state index contributed by atoms with van der Waals surface area (Å²) in [7, 11) is 2.13. The minimum absolute atomic E-state index is 0.144. The van der Waals surface area contributed by atoms with Gasteiger partial charge in [-0.3, -0.25) is 4.79 Å². The number of hydrogen-bond acceptors (Lipinski definition) is 8. The molecule has 6 rings (SSSR count). The maximum Gasteiger partial charge on any atom is 0.318 e. The molecule has 0 N–H and O–H groups in total. The number of carbonyl (C=O) groups excluding carboxylic acids is 1. The van der Waals surface area contributed by atoms with Gasteiger partial charge in [0.2, 0.25) is 5.91 Å². The standard InChI is InChI=1S/C32H36ClN7O2/c1-3-29(41)40-17-16-39(19-24(40)10-13-34)31-25-12-15-38(28-9-5-7-23-6-4-8-26(33)30(23)28)20-27(25)35-32(36-31)42-21-22-11-14-37(2)18-22/h3-9,22,24H,1,10-12,14-21H2,2H3/t22-,24+/m1/s1. The van der Waals surface area contributed by atoms with Crippen LogP contribution in [0.2, 0.25) is 5.02 Å². The number of nitrogens with zero attached hydrogens (tertiary/aromatic N) is 7. The number of benzene rings is 2. The Morgan fingerprint density at radius 2 is 1.98 bits per heavy atom. The SMILES string of the molecule is C=CC(=O)N1CCN(c2nc(OC[C@@H]3CCN(C)C3)nc3c2CCN(c2cccc4cccc(Cl)c24)C3)C[C@@H]1CC#N. The summed E-state index contributed by atoms with van der Waals surface area (Å²) in [5.41, 5.74) is 3.13. The van der Waals surface area contributed by atoms with Crippen molar-refractivity contribution in [2.75, 3.05) is 62.7 Å². The van der Waals surface area contributed by atoms with Gasteiger partial charge in [0.1, 0.15) is 5.82 Å². The fourth-order valence-electron chi connectivity index (χ4n) is 6.55. The van der Waals surface area contributed by atoms with Gasteiger partial charge in [0, 0.05) is 55.3 Å². The van der Waals surface area contributed by atoms with Crippen LogP contribution in [0.3, 0.4) is 0 Å². The van der Waals surface area contributed by atoms with Crippen molar-refractivity contribution < 1.29 is 9.53 Å². The molecule has 0 unspecified atom stereocenters. The molecule has 0 aliphatic carbocycles. The number of fused-ring (bicyclic) bond motifs is 2. The second-order valence-corrected chi connectivity index (χ2v) is 11.9. The summed E-state index contributed by atoms with van der Waals surface area (Å²) < 4.78 is 6.27. The normalized spacial score (nSPS) is 20.8. The summed E-state index contributed by atoms with van der Waals surface area (Å²) >= 11 is 6.69. The van der Waals surface area contributed by atoms with Crippen molar-refractivity contribution in [2.24, 2.45) is 5.92 Å². The predicted octanol–water partition coefficient (Wildman–Crippen LogP) is 4.29. The number of hydrogen-bond donors (Lipinski definition) is 0. The van der Waals surface area contributed by atoms with Crippen molar-refractivity contribution in [3.63, 3.8) is 0 Å². The Morgan fingerprint density at radius 1 is 1.14 bits per heavy atom. The van der Waals surface area contributed by atoms with Crippen LogP contribution in [-0.4, -0.2) is 84.6 Å². The lowest BCUT2D eigenvalue weighted by atomic mass is 10.0. The molecule has 2 saturated heterocycles. The van der Waals surface area contributed by atoms with Crippen molar-refractivity contribution in [3.8, 4) is 12.1 Å². The minimum Gasteiger partial charge on any atom is -0.463 e. The third-order valence-electron chi connectivity index (χ3n) is 8.70. The quantitative estimate of drug-likeness (QED) is 0.379. The Morgan fingerprint density at radius 3 is 2.74 bits per heavy atom. The van der Waals surface area contributed by atoms with Crippen molar-refractivity contribution in [2.45, 2.75) is 31.8 Å². The van der Waals surface area contributed by atoms with Crippen LogP contribution in [0.5, 0.6) is 6.01 Å². The number of piperazine rings is 1. The molecule has 0 bridgehead atoms. The molecule has 1 aromatic heterocycles. The summed E-state index contributed by atoms with van der Waals surface area (Å²) in [5.74, 6) is 1.15. The third kappa shape index (κ3) is 5.61. The summed E-state index contributed by atoms with van der Waals surface area (Å²) in [6.07, 6.45) is 3.43. The monoisotopic (exact) mass is 585 g/mol. The van der Waals surface area contributed by atoms with Crippen molar-refractivity contribution in [1.82, 2.24) is 19.8 Å². The molecular weight excluding hydrogens is 550 g/mol. The van der Waals surface area contributed by atoms with Crippen LogP contribution in [-0.2, 0) is 17.8 Å². The zero-order valence-electron chi connectivity index (χ0n) is 24.0. The summed E-state index contributed by atoms with van der Waals surface area (Å²) in [5, 5.41) is 12.4. The molecule has 1 amide bonds. The number of likely N-dealkylation sites (tertiary alicyclic amines) is 1. The lowest BCUT2D eigenvalue weighted by Gasteiger charge is -2.42. The first kappa shape index (κ1) is 28.3. The van der Waals surface area contributed by atoms with Crippen molar-refractivity contribution >= 4 is 39.8 Å². The second kappa shape index (κ2) is 12.2. The highest BCUT2D eigenvalue weighted by atomic mass is 35.5. The van der Waals surface area contributed by atoms with Gasteiger partial charge in [-0.05, 0) is 50.0 Å². The van der Waals surface area contributed by atoms with Crippen LogP contribution in [0.25, 0.3) is 10.8 Å². The molecule has 0 radical (unpaired) electrons. The molecule has 3 aliphatic heterocycles. The number of anilines is 2. The van der Waals surface area contributed by atoms with E-state index in [4.69, 9.17) is 26.3 Å². The molecule has 42 heavy (non-hydrogen) atoms. The maximum atomic E-state index is 12.5. The van der Waals surface area contributed by atoms with Crippen LogP contribution in [0.1, 0.15) is 24.1 Å². The zero-order valence-corrected chi connectivity index (χ0v) is 24.8. The van der Waals surface area contributed by atoms with E-state index in [2.05, 4.69) is 58.7 Å². The van der Waals surface area contributed by atoms with Gasteiger partial charge in [0.15, 0.2) is 0 Å². The van der Waals surface area contributed by atoms with E-state index in [-0.39, 0.29) is 18.4 Å². The summed E-state index contributed by atoms with van der Waals surface area (Å²) in [6.45, 7) is 9.32. The van der Waals surface area contributed by atoms with Crippen molar-refractivity contribution in [3.05, 3.63) is 65.3 Å². The van der Waals surface area contributed by atoms with Crippen LogP contribution in [0, 0.1) is 17.2 Å². The Kier molecular flexibility index (Phi) is 8.18. The predicted molar refractivity (Wildman–Crippen MR) is 165 cm³/mol. The molecule has 10 heteroatoms. The molecule has 4 heterocycles. The van der Waals surface area contributed by atoms with Crippen LogP contribution < -0.4 is 14.5 Å². The van der Waals surface area contributed by atoms with E-state index in [9.17, 15) is 10.1 Å². The molecule has 2 atom stereocenters. The van der Waals surface area contributed by atoms with E-state index in [1.807, 2.05) is 12.1 Å². The van der Waals surface area contributed by atoms with Gasteiger partial charge in [-0.1, -0.05) is 42.4 Å².